The third kappa shape index (κ3) is 6.19. The summed E-state index contributed by atoms with van der Waals surface area (Å²) in [5.41, 5.74) is 3.30. The molecule has 5 rings (SSSR count). The average molecular weight is 543 g/mol. The van der Waals surface area contributed by atoms with E-state index in [0.29, 0.717) is 49.7 Å². The SMILES string of the molecule is Cc1cccc(COc2ccc(C(O)=C3C(=O)C(=O)N(CCCN4CCOCC4)C3c3ccc(O)cc3)cc2)c1. The zero-order valence-electron chi connectivity index (χ0n) is 22.6. The van der Waals surface area contributed by atoms with Gasteiger partial charge in [-0.2, -0.15) is 0 Å². The predicted octanol–water partition coefficient (Wildman–Crippen LogP) is 4.42. The first-order valence-electron chi connectivity index (χ1n) is 13.6. The molecule has 40 heavy (non-hydrogen) atoms. The number of nitrogens with zero attached hydrogens (tertiary/aromatic N) is 2. The van der Waals surface area contributed by atoms with Crippen LogP contribution in [-0.4, -0.2) is 71.1 Å². The number of hydrogen-bond donors (Lipinski definition) is 2. The smallest absolute Gasteiger partial charge is 0.295 e. The van der Waals surface area contributed by atoms with Crippen LogP contribution >= 0.6 is 0 Å². The van der Waals surface area contributed by atoms with E-state index in [1.807, 2.05) is 25.1 Å². The second-order valence-corrected chi connectivity index (χ2v) is 10.2. The topological polar surface area (TPSA) is 99.5 Å². The fourth-order valence-electron chi connectivity index (χ4n) is 5.24. The monoisotopic (exact) mass is 542 g/mol. The molecule has 1 atom stereocenters. The van der Waals surface area contributed by atoms with Crippen LogP contribution in [0, 0.1) is 6.92 Å². The summed E-state index contributed by atoms with van der Waals surface area (Å²) in [6.07, 6.45) is 0.675. The minimum absolute atomic E-state index is 0.0375. The molecule has 0 aromatic heterocycles. The first kappa shape index (κ1) is 27.4. The molecule has 1 amide bonds. The Hall–Kier alpha value is -4.14. The number of Topliss-reactive ketones (excluding diaryl/α,β-unsaturated/α-hetero) is 1. The summed E-state index contributed by atoms with van der Waals surface area (Å²) in [5.74, 6) is -0.898. The van der Waals surface area contributed by atoms with Crippen molar-refractivity contribution in [3.05, 3.63) is 101 Å². The van der Waals surface area contributed by atoms with Crippen molar-refractivity contribution < 1.29 is 29.3 Å². The van der Waals surface area contributed by atoms with Crippen LogP contribution in [0.1, 0.15) is 34.7 Å². The first-order valence-corrected chi connectivity index (χ1v) is 13.6. The highest BCUT2D eigenvalue weighted by atomic mass is 16.5. The summed E-state index contributed by atoms with van der Waals surface area (Å²) in [6, 6.07) is 20.5. The van der Waals surface area contributed by atoms with Crippen LogP contribution in [0.5, 0.6) is 11.5 Å². The van der Waals surface area contributed by atoms with Gasteiger partial charge in [0.15, 0.2) is 0 Å². The number of carbonyl (C=O) groups excluding carboxylic acids is 2. The van der Waals surface area contributed by atoms with Crippen LogP contribution in [0.3, 0.4) is 0 Å². The molecule has 3 aromatic rings. The average Bonchev–Trinajstić information content (AvgIpc) is 3.22. The zero-order valence-corrected chi connectivity index (χ0v) is 22.6. The van der Waals surface area contributed by atoms with E-state index < -0.39 is 17.7 Å². The summed E-state index contributed by atoms with van der Waals surface area (Å²) in [4.78, 5) is 30.3. The molecule has 0 radical (unpaired) electrons. The number of aliphatic hydroxyl groups is 1. The highest BCUT2D eigenvalue weighted by Crippen LogP contribution is 2.40. The van der Waals surface area contributed by atoms with Gasteiger partial charge < -0.3 is 24.6 Å². The molecule has 8 nitrogen and oxygen atoms in total. The Morgan fingerprint density at radius 3 is 2.40 bits per heavy atom. The molecule has 208 valence electrons. The molecule has 2 heterocycles. The minimum Gasteiger partial charge on any atom is -0.508 e. The van der Waals surface area contributed by atoms with Crippen LogP contribution < -0.4 is 4.74 Å². The third-order valence-corrected chi connectivity index (χ3v) is 7.34. The molecule has 0 aliphatic carbocycles. The Kier molecular flexibility index (Phi) is 8.48. The van der Waals surface area contributed by atoms with E-state index in [0.717, 1.165) is 30.8 Å². The lowest BCUT2D eigenvalue weighted by Gasteiger charge is -2.29. The van der Waals surface area contributed by atoms with Crippen molar-refractivity contribution in [2.75, 3.05) is 39.4 Å². The van der Waals surface area contributed by atoms with Gasteiger partial charge in [0.25, 0.3) is 11.7 Å². The molecular formula is C32H34N2O6. The van der Waals surface area contributed by atoms with Crippen LogP contribution in [-0.2, 0) is 20.9 Å². The Balaban J connectivity index is 1.38. The maximum atomic E-state index is 13.3. The highest BCUT2D eigenvalue weighted by molar-refractivity contribution is 6.46. The van der Waals surface area contributed by atoms with Crippen LogP contribution in [0.25, 0.3) is 5.76 Å². The molecule has 0 spiro atoms. The van der Waals surface area contributed by atoms with Gasteiger partial charge in [0.2, 0.25) is 0 Å². The molecule has 8 heteroatoms. The number of hydrogen-bond acceptors (Lipinski definition) is 7. The van der Waals surface area contributed by atoms with Gasteiger partial charge in [0.05, 0.1) is 24.8 Å². The van der Waals surface area contributed by atoms with Gasteiger partial charge in [-0.05, 0) is 60.9 Å². The number of aliphatic hydroxyl groups excluding tert-OH is 1. The van der Waals surface area contributed by atoms with Crippen molar-refractivity contribution in [1.29, 1.82) is 0 Å². The molecule has 2 N–H and O–H groups in total. The van der Waals surface area contributed by atoms with Crippen molar-refractivity contribution >= 4 is 17.4 Å². The van der Waals surface area contributed by atoms with E-state index in [1.165, 1.54) is 17.0 Å². The minimum atomic E-state index is -0.762. The summed E-state index contributed by atoms with van der Waals surface area (Å²) in [6.45, 7) is 6.62. The molecule has 0 saturated carbocycles. The number of phenols is 1. The number of ketones is 1. The number of aromatic hydroxyl groups is 1. The normalized spacial score (nSPS) is 19.2. The predicted molar refractivity (Wildman–Crippen MR) is 151 cm³/mol. The van der Waals surface area contributed by atoms with E-state index in [9.17, 15) is 19.8 Å². The van der Waals surface area contributed by atoms with Gasteiger partial charge in [-0.1, -0.05) is 42.0 Å². The van der Waals surface area contributed by atoms with Gasteiger partial charge in [0, 0.05) is 31.7 Å². The summed E-state index contributed by atoms with van der Waals surface area (Å²) in [7, 11) is 0. The van der Waals surface area contributed by atoms with Gasteiger partial charge >= 0.3 is 0 Å². The maximum Gasteiger partial charge on any atom is 0.295 e. The second kappa shape index (κ2) is 12.4. The molecule has 2 aliphatic rings. The van der Waals surface area contributed by atoms with Crippen molar-refractivity contribution in [3.63, 3.8) is 0 Å². The molecule has 2 fully saturated rings. The maximum absolute atomic E-state index is 13.3. The third-order valence-electron chi connectivity index (χ3n) is 7.34. The number of amides is 1. The van der Waals surface area contributed by atoms with E-state index in [-0.39, 0.29) is 17.1 Å². The fraction of sp³-hybridized carbons (Fsp3) is 0.312. The van der Waals surface area contributed by atoms with Crippen molar-refractivity contribution in [1.82, 2.24) is 9.80 Å². The van der Waals surface area contributed by atoms with Crippen molar-refractivity contribution in [2.24, 2.45) is 0 Å². The largest absolute Gasteiger partial charge is 0.508 e. The lowest BCUT2D eigenvalue weighted by molar-refractivity contribution is -0.140. The quantitative estimate of drug-likeness (QED) is 0.235. The number of aryl methyl sites for hydroxylation is 1. The summed E-state index contributed by atoms with van der Waals surface area (Å²) >= 11 is 0. The van der Waals surface area contributed by atoms with Crippen LogP contribution in [0.4, 0.5) is 0 Å². The Labute approximate surface area is 234 Å². The Bertz CT molecular complexity index is 1380. The number of phenolic OH excluding ortho intramolecular Hbond substituents is 1. The first-order chi connectivity index (χ1) is 19.4. The van der Waals surface area contributed by atoms with Gasteiger partial charge in [-0.15, -0.1) is 0 Å². The number of carbonyl (C=O) groups is 2. The summed E-state index contributed by atoms with van der Waals surface area (Å²) in [5, 5.41) is 21.2. The number of morpholine rings is 1. The van der Waals surface area contributed by atoms with E-state index in [2.05, 4.69) is 11.0 Å². The molecule has 3 aromatic carbocycles. The standard InChI is InChI=1S/C32H34N2O6/c1-22-4-2-5-23(20-22)21-40-27-12-8-25(9-13-27)30(36)28-29(24-6-10-26(35)11-7-24)34(32(38)31(28)37)15-3-14-33-16-18-39-19-17-33/h2,4-13,20,29,35-36H,3,14-19,21H2,1H3. The highest BCUT2D eigenvalue weighted by Gasteiger charge is 2.45. The number of likely N-dealkylation sites (tertiary alicyclic amines) is 1. The second-order valence-electron chi connectivity index (χ2n) is 10.2. The number of benzene rings is 3. The molecule has 0 bridgehead atoms. The van der Waals surface area contributed by atoms with Gasteiger partial charge in [-0.3, -0.25) is 14.5 Å². The number of rotatable bonds is 9. The molecular weight excluding hydrogens is 508 g/mol. The van der Waals surface area contributed by atoms with Gasteiger partial charge in [0.1, 0.15) is 23.9 Å². The van der Waals surface area contributed by atoms with Crippen molar-refractivity contribution in [2.45, 2.75) is 26.0 Å². The fourth-order valence-corrected chi connectivity index (χ4v) is 5.24. The molecule has 1 unspecified atom stereocenters. The van der Waals surface area contributed by atoms with E-state index in [1.54, 1.807) is 36.4 Å². The van der Waals surface area contributed by atoms with E-state index >= 15 is 0 Å². The molecule has 2 aliphatic heterocycles. The number of ether oxygens (including phenoxy) is 2. The van der Waals surface area contributed by atoms with Gasteiger partial charge in [-0.25, -0.2) is 0 Å². The Morgan fingerprint density at radius 1 is 0.975 bits per heavy atom. The summed E-state index contributed by atoms with van der Waals surface area (Å²) < 4.78 is 11.3. The molecule has 2 saturated heterocycles. The van der Waals surface area contributed by atoms with Crippen molar-refractivity contribution in [3.8, 4) is 11.5 Å². The lowest BCUT2D eigenvalue weighted by atomic mass is 9.95. The van der Waals surface area contributed by atoms with E-state index in [4.69, 9.17) is 9.47 Å². The van der Waals surface area contributed by atoms with Crippen LogP contribution in [0.2, 0.25) is 0 Å². The Morgan fingerprint density at radius 2 is 1.70 bits per heavy atom. The van der Waals surface area contributed by atoms with Crippen LogP contribution in [0.15, 0.2) is 78.4 Å². The zero-order chi connectivity index (χ0) is 28.1. The lowest BCUT2D eigenvalue weighted by Crippen LogP contribution is -2.38.